The lowest BCUT2D eigenvalue weighted by Crippen LogP contribution is -2.07. The van der Waals surface area contributed by atoms with E-state index in [1.165, 1.54) is 12.1 Å². The summed E-state index contributed by atoms with van der Waals surface area (Å²) in [5, 5.41) is 6.91. The smallest absolute Gasteiger partial charge is 0.152 e. The Morgan fingerprint density at radius 2 is 2.00 bits per heavy atom. The van der Waals surface area contributed by atoms with Crippen LogP contribution >= 0.6 is 0 Å². The maximum atomic E-state index is 13.9. The van der Waals surface area contributed by atoms with Crippen molar-refractivity contribution in [3.05, 3.63) is 35.0 Å². The van der Waals surface area contributed by atoms with Gasteiger partial charge < -0.3 is 11.1 Å². The molecule has 4 nitrogen and oxygen atoms in total. The van der Waals surface area contributed by atoms with Gasteiger partial charge in [-0.2, -0.15) is 5.10 Å². The molecule has 102 valence electrons. The second kappa shape index (κ2) is 4.87. The van der Waals surface area contributed by atoms with E-state index in [1.54, 1.807) is 18.5 Å². The summed E-state index contributed by atoms with van der Waals surface area (Å²) in [6, 6.07) is 2.61. The van der Waals surface area contributed by atoms with E-state index >= 15 is 0 Å². The Hall–Kier alpha value is -2.11. The summed E-state index contributed by atoms with van der Waals surface area (Å²) in [6.45, 7) is 5.75. The molecule has 1 aromatic heterocycles. The number of nitrogens with two attached hydrogens (primary N) is 1. The van der Waals surface area contributed by atoms with Gasteiger partial charge in [0.2, 0.25) is 0 Å². The van der Waals surface area contributed by atoms with E-state index in [2.05, 4.69) is 10.4 Å². The summed E-state index contributed by atoms with van der Waals surface area (Å²) in [4.78, 5) is 0. The van der Waals surface area contributed by atoms with Crippen molar-refractivity contribution < 1.29 is 8.78 Å². The predicted molar refractivity (Wildman–Crippen MR) is 71.4 cm³/mol. The molecular formula is C13H16F2N4. The standard InChI is InChI=1S/C13H16F2N4/c1-4-19-13(11(16)8(3)18-19)17-12-9(14)6-5-7(2)10(12)15/h5-6,17H,4,16H2,1-3H3. The number of rotatable bonds is 3. The molecule has 0 aliphatic rings. The van der Waals surface area contributed by atoms with E-state index in [-0.39, 0.29) is 5.69 Å². The van der Waals surface area contributed by atoms with Crippen molar-refractivity contribution in [3.8, 4) is 0 Å². The normalized spacial score (nSPS) is 10.8. The van der Waals surface area contributed by atoms with Crippen LogP contribution in [0.4, 0.5) is 26.0 Å². The molecule has 0 spiro atoms. The number of aryl methyl sites for hydroxylation is 3. The molecule has 6 heteroatoms. The van der Waals surface area contributed by atoms with Crippen molar-refractivity contribution in [2.45, 2.75) is 27.3 Å². The third-order valence-electron chi connectivity index (χ3n) is 3.00. The zero-order chi connectivity index (χ0) is 14.2. The quantitative estimate of drug-likeness (QED) is 0.897. The number of hydrogen-bond acceptors (Lipinski definition) is 3. The number of hydrogen-bond donors (Lipinski definition) is 2. The van der Waals surface area contributed by atoms with Crippen LogP contribution in [0.2, 0.25) is 0 Å². The monoisotopic (exact) mass is 266 g/mol. The van der Waals surface area contributed by atoms with Gasteiger partial charge in [-0.1, -0.05) is 6.07 Å². The van der Waals surface area contributed by atoms with Crippen LogP contribution in [-0.2, 0) is 6.54 Å². The highest BCUT2D eigenvalue weighted by atomic mass is 19.1. The minimum absolute atomic E-state index is 0.207. The van der Waals surface area contributed by atoms with E-state index in [0.717, 1.165) is 0 Å². The molecule has 0 aliphatic heterocycles. The van der Waals surface area contributed by atoms with Gasteiger partial charge in [-0.05, 0) is 32.4 Å². The number of benzene rings is 1. The number of nitrogens with one attached hydrogen (secondary N) is 1. The molecule has 1 aromatic carbocycles. The zero-order valence-corrected chi connectivity index (χ0v) is 11.1. The van der Waals surface area contributed by atoms with Gasteiger partial charge in [-0.3, -0.25) is 0 Å². The topological polar surface area (TPSA) is 55.9 Å². The van der Waals surface area contributed by atoms with Gasteiger partial charge >= 0.3 is 0 Å². The fourth-order valence-electron chi connectivity index (χ4n) is 1.85. The largest absolute Gasteiger partial charge is 0.394 e. The summed E-state index contributed by atoms with van der Waals surface area (Å²) in [5.41, 5.74) is 7.04. The van der Waals surface area contributed by atoms with E-state index in [9.17, 15) is 8.78 Å². The minimum Gasteiger partial charge on any atom is -0.394 e. The summed E-state index contributed by atoms with van der Waals surface area (Å²) in [6.07, 6.45) is 0. The third kappa shape index (κ3) is 2.25. The Morgan fingerprint density at radius 3 is 2.63 bits per heavy atom. The Morgan fingerprint density at radius 1 is 1.32 bits per heavy atom. The lowest BCUT2D eigenvalue weighted by Gasteiger charge is -2.12. The van der Waals surface area contributed by atoms with E-state index in [1.807, 2.05) is 6.92 Å². The molecule has 0 aliphatic carbocycles. The van der Waals surface area contributed by atoms with Gasteiger partial charge in [0.1, 0.15) is 11.5 Å². The first-order chi connectivity index (χ1) is 8.95. The average molecular weight is 266 g/mol. The molecule has 19 heavy (non-hydrogen) atoms. The van der Waals surface area contributed by atoms with E-state index < -0.39 is 11.6 Å². The molecule has 0 atom stereocenters. The molecule has 2 aromatic rings. The summed E-state index contributed by atoms with van der Waals surface area (Å²) in [7, 11) is 0. The predicted octanol–water partition coefficient (Wildman–Crippen LogP) is 3.12. The van der Waals surface area contributed by atoms with Crippen molar-refractivity contribution in [1.29, 1.82) is 0 Å². The van der Waals surface area contributed by atoms with Crippen LogP contribution in [0, 0.1) is 25.5 Å². The first kappa shape index (κ1) is 13.3. The minimum atomic E-state index is -0.663. The lowest BCUT2D eigenvalue weighted by molar-refractivity contribution is 0.583. The summed E-state index contributed by atoms with van der Waals surface area (Å²) >= 11 is 0. The molecule has 3 N–H and O–H groups in total. The molecule has 0 fully saturated rings. The molecule has 0 saturated carbocycles. The molecule has 0 bridgehead atoms. The van der Waals surface area contributed by atoms with Crippen molar-refractivity contribution in [2.24, 2.45) is 0 Å². The number of anilines is 3. The first-order valence-electron chi connectivity index (χ1n) is 6.00. The van der Waals surface area contributed by atoms with E-state index in [0.29, 0.717) is 29.3 Å². The van der Waals surface area contributed by atoms with Crippen molar-refractivity contribution in [2.75, 3.05) is 11.1 Å². The maximum Gasteiger partial charge on any atom is 0.152 e. The molecular weight excluding hydrogens is 250 g/mol. The van der Waals surface area contributed by atoms with Crippen molar-refractivity contribution in [3.63, 3.8) is 0 Å². The summed E-state index contributed by atoms with van der Waals surface area (Å²) in [5.74, 6) is -0.881. The van der Waals surface area contributed by atoms with Crippen LogP contribution in [0.3, 0.4) is 0 Å². The van der Waals surface area contributed by atoms with Gasteiger partial charge in [0, 0.05) is 6.54 Å². The first-order valence-corrected chi connectivity index (χ1v) is 6.00. The third-order valence-corrected chi connectivity index (χ3v) is 3.00. The van der Waals surface area contributed by atoms with Crippen LogP contribution < -0.4 is 11.1 Å². The molecule has 0 unspecified atom stereocenters. The molecule has 0 saturated heterocycles. The van der Waals surface area contributed by atoms with Gasteiger partial charge in [0.25, 0.3) is 0 Å². The van der Waals surface area contributed by atoms with Crippen LogP contribution in [0.5, 0.6) is 0 Å². The molecule has 1 heterocycles. The average Bonchev–Trinajstić information content (AvgIpc) is 2.66. The Bertz CT molecular complexity index is 620. The SMILES string of the molecule is CCn1nc(C)c(N)c1Nc1c(F)ccc(C)c1F. The van der Waals surface area contributed by atoms with Crippen molar-refractivity contribution in [1.82, 2.24) is 9.78 Å². The summed E-state index contributed by atoms with van der Waals surface area (Å²) < 4.78 is 29.2. The van der Waals surface area contributed by atoms with Gasteiger partial charge in [-0.15, -0.1) is 0 Å². The number of halogens is 2. The second-order valence-electron chi connectivity index (χ2n) is 4.34. The molecule has 2 rings (SSSR count). The molecule has 0 amide bonds. The van der Waals surface area contributed by atoms with Crippen LogP contribution in [0.25, 0.3) is 0 Å². The zero-order valence-electron chi connectivity index (χ0n) is 11.1. The highest BCUT2D eigenvalue weighted by Gasteiger charge is 2.17. The Balaban J connectivity index is 2.50. The van der Waals surface area contributed by atoms with E-state index in [4.69, 9.17) is 5.73 Å². The van der Waals surface area contributed by atoms with Gasteiger partial charge in [0.15, 0.2) is 11.6 Å². The van der Waals surface area contributed by atoms with Crippen LogP contribution in [0.15, 0.2) is 12.1 Å². The van der Waals surface area contributed by atoms with Crippen LogP contribution in [-0.4, -0.2) is 9.78 Å². The lowest BCUT2D eigenvalue weighted by atomic mass is 10.2. The van der Waals surface area contributed by atoms with Crippen LogP contribution in [0.1, 0.15) is 18.2 Å². The second-order valence-corrected chi connectivity index (χ2v) is 4.34. The fourth-order valence-corrected chi connectivity index (χ4v) is 1.85. The van der Waals surface area contributed by atoms with Gasteiger partial charge in [-0.25, -0.2) is 13.5 Å². The number of aromatic nitrogens is 2. The number of nitrogen functional groups attached to an aromatic ring is 1. The maximum absolute atomic E-state index is 13.9. The highest BCUT2D eigenvalue weighted by Crippen LogP contribution is 2.30. The van der Waals surface area contributed by atoms with Crippen molar-refractivity contribution >= 4 is 17.2 Å². The Kier molecular flexibility index (Phi) is 3.42. The fraction of sp³-hybridized carbons (Fsp3) is 0.308. The molecule has 0 radical (unpaired) electrons. The Labute approximate surface area is 110 Å². The number of nitrogens with zero attached hydrogens (tertiary/aromatic N) is 2. The van der Waals surface area contributed by atoms with Gasteiger partial charge in [0.05, 0.1) is 11.4 Å². The highest BCUT2D eigenvalue weighted by molar-refractivity contribution is 5.72.